The Morgan fingerprint density at radius 2 is 1.58 bits per heavy atom. The van der Waals surface area contributed by atoms with E-state index in [4.69, 9.17) is 23.2 Å². The summed E-state index contributed by atoms with van der Waals surface area (Å²) in [6, 6.07) is 6.87. The maximum atomic E-state index is 13.8. The Morgan fingerprint density at radius 1 is 0.938 bits per heavy atom. The molecule has 0 aliphatic carbocycles. The van der Waals surface area contributed by atoms with Gasteiger partial charge in [-0.3, -0.25) is 28.8 Å². The molecule has 2 aromatic rings. The number of hydrogen-bond donors (Lipinski definition) is 5. The van der Waals surface area contributed by atoms with E-state index in [9.17, 15) is 39.0 Å². The molecular weight excluding hydrogens is 663 g/mol. The van der Waals surface area contributed by atoms with E-state index in [1.54, 1.807) is 44.2 Å². The first-order valence-corrected chi connectivity index (χ1v) is 16.6. The number of benzene rings is 2. The van der Waals surface area contributed by atoms with Gasteiger partial charge in [0.1, 0.15) is 23.9 Å². The number of phenols is 1. The molecule has 0 aromatic heterocycles. The predicted octanol–water partition coefficient (Wildman–Crippen LogP) is 3.43. The summed E-state index contributed by atoms with van der Waals surface area (Å²) in [7, 11) is 0. The van der Waals surface area contributed by atoms with Crippen molar-refractivity contribution in [3.8, 4) is 5.75 Å². The second-order valence-electron chi connectivity index (χ2n) is 12.2. The maximum absolute atomic E-state index is 13.8. The number of phenolic OH excluding ortho intramolecular Hbond substituents is 1. The van der Waals surface area contributed by atoms with E-state index >= 15 is 0 Å². The summed E-state index contributed by atoms with van der Waals surface area (Å²) in [6.45, 7) is 4.96. The minimum atomic E-state index is -1.31. The molecule has 5 N–H and O–H groups in total. The highest BCUT2D eigenvalue weighted by Crippen LogP contribution is 2.26. The molecule has 260 valence electrons. The molecule has 48 heavy (non-hydrogen) atoms. The summed E-state index contributed by atoms with van der Waals surface area (Å²) in [5.74, 6) is -4.32. The quantitative estimate of drug-likeness (QED) is 0.176. The van der Waals surface area contributed by atoms with Crippen LogP contribution in [0.1, 0.15) is 64.0 Å². The first-order chi connectivity index (χ1) is 22.7. The summed E-state index contributed by atoms with van der Waals surface area (Å²) in [4.78, 5) is 78.7. The zero-order chi connectivity index (χ0) is 35.5. The van der Waals surface area contributed by atoms with Crippen LogP contribution in [0.5, 0.6) is 5.75 Å². The van der Waals surface area contributed by atoms with Crippen molar-refractivity contribution in [3.05, 3.63) is 63.6 Å². The van der Waals surface area contributed by atoms with Crippen LogP contribution in [0, 0.1) is 5.92 Å². The molecule has 2 aromatic carbocycles. The van der Waals surface area contributed by atoms with Crippen molar-refractivity contribution >= 4 is 58.6 Å². The number of aliphatic carboxylic acids is 1. The lowest BCUT2D eigenvalue weighted by Crippen LogP contribution is -2.59. The number of likely N-dealkylation sites (tertiary alicyclic amines) is 1. The Bertz CT molecular complexity index is 1480. The molecule has 0 bridgehead atoms. The number of nitrogens with zero attached hydrogens (tertiary/aromatic N) is 1. The molecule has 0 unspecified atom stereocenters. The zero-order valence-corrected chi connectivity index (χ0v) is 28.6. The molecule has 0 saturated carbocycles. The third kappa shape index (κ3) is 10.9. The van der Waals surface area contributed by atoms with Crippen molar-refractivity contribution in [3.63, 3.8) is 0 Å². The summed E-state index contributed by atoms with van der Waals surface area (Å²) in [5, 5.41) is 27.9. The monoisotopic (exact) mass is 704 g/mol. The maximum Gasteiger partial charge on any atom is 0.305 e. The van der Waals surface area contributed by atoms with Gasteiger partial charge in [-0.05, 0) is 67.0 Å². The Balaban J connectivity index is 1.69. The largest absolute Gasteiger partial charge is 0.508 e. The summed E-state index contributed by atoms with van der Waals surface area (Å²) >= 11 is 12.4. The molecule has 1 fully saturated rings. The molecule has 4 atom stereocenters. The average molecular weight is 706 g/mol. The van der Waals surface area contributed by atoms with Crippen molar-refractivity contribution in [2.45, 2.75) is 89.9 Å². The van der Waals surface area contributed by atoms with Crippen LogP contribution in [0.4, 0.5) is 0 Å². The summed E-state index contributed by atoms with van der Waals surface area (Å²) < 4.78 is 0. The van der Waals surface area contributed by atoms with Crippen LogP contribution in [0.2, 0.25) is 10.0 Å². The number of Topliss-reactive ketones (excluding diaryl/α,β-unsaturated/α-hetero) is 1. The number of carbonyl (C=O) groups is 6. The van der Waals surface area contributed by atoms with Crippen LogP contribution < -0.4 is 16.0 Å². The number of rotatable bonds is 16. The Kier molecular flexibility index (Phi) is 14.2. The Morgan fingerprint density at radius 3 is 2.17 bits per heavy atom. The van der Waals surface area contributed by atoms with Gasteiger partial charge < -0.3 is 31.1 Å². The lowest BCUT2D eigenvalue weighted by Gasteiger charge is -2.32. The van der Waals surface area contributed by atoms with Gasteiger partial charge >= 0.3 is 5.97 Å². The van der Waals surface area contributed by atoms with Crippen molar-refractivity contribution in [1.29, 1.82) is 0 Å². The van der Waals surface area contributed by atoms with Gasteiger partial charge in [0.25, 0.3) is 0 Å². The van der Waals surface area contributed by atoms with Crippen molar-refractivity contribution < 1.29 is 39.0 Å². The molecule has 1 heterocycles. The van der Waals surface area contributed by atoms with E-state index in [1.165, 1.54) is 24.0 Å². The highest BCUT2D eigenvalue weighted by molar-refractivity contribution is 6.36. The zero-order valence-electron chi connectivity index (χ0n) is 27.1. The number of ketones is 1. The number of aromatic hydroxyl groups is 1. The summed E-state index contributed by atoms with van der Waals surface area (Å²) in [6.07, 6.45) is 0.901. The van der Waals surface area contributed by atoms with Gasteiger partial charge in [0.15, 0.2) is 5.78 Å². The minimum absolute atomic E-state index is 0.0336. The van der Waals surface area contributed by atoms with Crippen molar-refractivity contribution in [2.24, 2.45) is 5.92 Å². The molecule has 12 nitrogen and oxygen atoms in total. The second kappa shape index (κ2) is 17.8. The summed E-state index contributed by atoms with van der Waals surface area (Å²) in [5.41, 5.74) is 1.34. The van der Waals surface area contributed by atoms with Gasteiger partial charge in [-0.1, -0.05) is 55.2 Å². The van der Waals surface area contributed by atoms with Gasteiger partial charge in [-0.2, -0.15) is 0 Å². The van der Waals surface area contributed by atoms with Crippen LogP contribution in [0.3, 0.4) is 0 Å². The normalized spacial score (nSPS) is 16.1. The fourth-order valence-corrected chi connectivity index (χ4v) is 6.23. The molecule has 0 spiro atoms. The number of amides is 4. The third-order valence-electron chi connectivity index (χ3n) is 8.13. The topological polar surface area (TPSA) is 182 Å². The fraction of sp³-hybridized carbons (Fsp3) is 0.471. The first-order valence-electron chi connectivity index (χ1n) is 15.8. The highest BCUT2D eigenvalue weighted by atomic mass is 35.5. The minimum Gasteiger partial charge on any atom is -0.508 e. The molecule has 1 saturated heterocycles. The number of carboxylic acids is 1. The van der Waals surface area contributed by atoms with Crippen LogP contribution in [-0.4, -0.2) is 81.2 Å². The lowest BCUT2D eigenvalue weighted by molar-refractivity contribution is -0.144. The van der Waals surface area contributed by atoms with Crippen LogP contribution in [-0.2, 0) is 41.6 Å². The fourth-order valence-electron chi connectivity index (χ4n) is 5.64. The molecule has 14 heteroatoms. The van der Waals surface area contributed by atoms with E-state index in [1.807, 2.05) is 0 Å². The highest BCUT2D eigenvalue weighted by Gasteiger charge is 2.40. The number of hydrogen-bond acceptors (Lipinski definition) is 7. The Hall–Kier alpha value is -4.16. The Labute approximate surface area is 289 Å². The third-order valence-corrected chi connectivity index (χ3v) is 8.84. The lowest BCUT2D eigenvalue weighted by atomic mass is 9.99. The molecular formula is C34H42Cl2N4O8. The van der Waals surface area contributed by atoms with E-state index in [-0.39, 0.29) is 31.6 Å². The van der Waals surface area contributed by atoms with Gasteiger partial charge in [0.05, 0.1) is 12.5 Å². The SMILES string of the molecule is CC(=O)N[C@@H](Cc1ccc(O)cc1)C(=O)N[C@H](C(=O)N1CCC[C@H]1C(=O)N[C@@H](CC(=O)O)C(=O)CCCc1c(Cl)cccc1Cl)C(C)C. The number of nitrogens with one attached hydrogen (secondary N) is 3. The van der Waals surface area contributed by atoms with E-state index in [0.717, 1.165) is 0 Å². The first kappa shape index (κ1) is 38.3. The van der Waals surface area contributed by atoms with Gasteiger partial charge in [0.2, 0.25) is 23.6 Å². The second-order valence-corrected chi connectivity index (χ2v) is 13.0. The molecule has 4 amide bonds. The van der Waals surface area contributed by atoms with Crippen LogP contribution >= 0.6 is 23.2 Å². The number of halogens is 2. The standard InChI is InChI=1S/C34H42Cl2N4O8/c1-19(2)31(39-32(46)27(37-20(3)41)17-21-12-14-22(42)15-13-21)34(48)40-16-6-10-28(40)33(47)38-26(18-30(44)45)29(43)11-4-7-23-24(35)8-5-9-25(23)36/h5,8-9,12-15,19,26-28,31,42H,4,6-7,10-11,16-18H2,1-3H3,(H,37,41)(H,38,47)(H,39,46)(H,44,45)/t26-,27-,28-,31-/m0/s1. The smallest absolute Gasteiger partial charge is 0.305 e. The molecule has 1 aliphatic heterocycles. The number of carboxylic acid groups (broad SMARTS) is 1. The van der Waals surface area contributed by atoms with E-state index < -0.39 is 71.9 Å². The molecule has 1 aliphatic rings. The number of carbonyl (C=O) groups excluding carboxylic acids is 5. The van der Waals surface area contributed by atoms with Gasteiger partial charge in [-0.25, -0.2) is 0 Å². The van der Waals surface area contributed by atoms with E-state index in [0.29, 0.717) is 40.4 Å². The predicted molar refractivity (Wildman–Crippen MR) is 180 cm³/mol. The van der Waals surface area contributed by atoms with Gasteiger partial charge in [-0.15, -0.1) is 0 Å². The average Bonchev–Trinajstić information content (AvgIpc) is 3.51. The molecule has 3 rings (SSSR count). The van der Waals surface area contributed by atoms with Crippen molar-refractivity contribution in [1.82, 2.24) is 20.9 Å². The van der Waals surface area contributed by atoms with E-state index in [2.05, 4.69) is 16.0 Å². The van der Waals surface area contributed by atoms with Crippen molar-refractivity contribution in [2.75, 3.05) is 6.54 Å². The van der Waals surface area contributed by atoms with Crippen LogP contribution in [0.15, 0.2) is 42.5 Å². The van der Waals surface area contributed by atoms with Gasteiger partial charge in [0, 0.05) is 36.4 Å². The van der Waals surface area contributed by atoms with Crippen LogP contribution in [0.25, 0.3) is 0 Å². The molecule has 0 radical (unpaired) electrons.